The maximum absolute atomic E-state index is 5.15. The monoisotopic (exact) mass is 266 g/mol. The average Bonchev–Trinajstić information content (AvgIpc) is 2.60. The number of aromatic nitrogens is 2. The molecular formula is C8H7N3SY-2. The number of thiazole rings is 1. The van der Waals surface area contributed by atoms with Crippen molar-refractivity contribution in [2.45, 2.75) is 0 Å². The first-order valence-corrected chi connectivity index (χ1v) is 4.04. The number of hydrogen-bond acceptors (Lipinski definition) is 4. The average molecular weight is 266 g/mol. The molecule has 0 aliphatic carbocycles. The van der Waals surface area contributed by atoms with Crippen LogP contribution < -0.4 is 5.73 Å². The van der Waals surface area contributed by atoms with E-state index in [4.69, 9.17) is 5.73 Å². The van der Waals surface area contributed by atoms with Crippen molar-refractivity contribution in [2.24, 2.45) is 0 Å². The van der Waals surface area contributed by atoms with E-state index in [0.717, 1.165) is 0 Å². The van der Waals surface area contributed by atoms with Crippen LogP contribution in [0.3, 0.4) is 0 Å². The van der Waals surface area contributed by atoms with E-state index in [0.29, 0.717) is 5.13 Å². The first-order chi connectivity index (χ1) is 5.89. The van der Waals surface area contributed by atoms with Gasteiger partial charge in [0, 0.05) is 37.8 Å². The Bertz CT molecular complexity index is 259. The van der Waals surface area contributed by atoms with E-state index in [1.807, 2.05) is 12.1 Å². The Balaban J connectivity index is 0.000000206. The SMILES string of the molecule is Nc1nc[c-]s1.[Y].[c-]1cccnc1. The Kier molecular flexibility index (Phi) is 8.09. The molecule has 0 aliphatic heterocycles. The third-order valence-corrected chi connectivity index (χ3v) is 1.46. The zero-order valence-electron chi connectivity index (χ0n) is 6.84. The quantitative estimate of drug-likeness (QED) is 0.733. The van der Waals surface area contributed by atoms with Crippen LogP contribution in [-0.2, 0) is 32.7 Å². The van der Waals surface area contributed by atoms with E-state index in [1.165, 1.54) is 11.3 Å². The smallest absolute Gasteiger partial charge is 0.0216 e. The zero-order chi connectivity index (χ0) is 8.65. The molecule has 65 valence electrons. The summed E-state index contributed by atoms with van der Waals surface area (Å²) in [5, 5.41) is 3.31. The van der Waals surface area contributed by atoms with Crippen LogP contribution in [0.25, 0.3) is 0 Å². The molecule has 2 rings (SSSR count). The normalized spacial score (nSPS) is 7.69. The van der Waals surface area contributed by atoms with Gasteiger partial charge in [-0.05, 0) is 0 Å². The van der Waals surface area contributed by atoms with Crippen molar-refractivity contribution in [3.8, 4) is 0 Å². The minimum absolute atomic E-state index is 0. The van der Waals surface area contributed by atoms with Crippen molar-refractivity contribution >= 4 is 16.5 Å². The Labute approximate surface area is 106 Å². The standard InChI is InChI=1S/C5H4N.C3H3N2S.Y/c1-2-4-6-5-3-1;4-3-5-1-2-6-3;/h1-2,4-5H;1H,(H2,4,5);/q2*-1;. The Morgan fingerprint density at radius 3 is 2.38 bits per heavy atom. The summed E-state index contributed by atoms with van der Waals surface area (Å²) >= 11 is 1.32. The van der Waals surface area contributed by atoms with Crippen LogP contribution >= 0.6 is 11.3 Å². The van der Waals surface area contributed by atoms with E-state index in [9.17, 15) is 0 Å². The van der Waals surface area contributed by atoms with Crippen molar-refractivity contribution in [1.29, 1.82) is 0 Å². The van der Waals surface area contributed by atoms with Crippen molar-refractivity contribution in [1.82, 2.24) is 9.97 Å². The molecule has 0 saturated carbocycles. The van der Waals surface area contributed by atoms with Gasteiger partial charge in [-0.15, -0.1) is 0 Å². The molecule has 0 amide bonds. The summed E-state index contributed by atoms with van der Waals surface area (Å²) in [5.74, 6) is 0. The van der Waals surface area contributed by atoms with Gasteiger partial charge in [-0.25, -0.2) is 12.1 Å². The molecule has 3 nitrogen and oxygen atoms in total. The number of nitrogens with two attached hydrogens (primary N) is 1. The van der Waals surface area contributed by atoms with Crippen molar-refractivity contribution < 1.29 is 32.7 Å². The van der Waals surface area contributed by atoms with E-state index in [2.05, 4.69) is 21.4 Å². The molecule has 5 heteroatoms. The number of anilines is 1. The van der Waals surface area contributed by atoms with E-state index in [1.54, 1.807) is 18.6 Å². The number of rotatable bonds is 0. The third kappa shape index (κ3) is 6.81. The zero-order valence-corrected chi connectivity index (χ0v) is 10.5. The topological polar surface area (TPSA) is 51.8 Å². The molecule has 0 aromatic carbocycles. The van der Waals surface area contributed by atoms with Crippen LogP contribution in [0.2, 0.25) is 0 Å². The summed E-state index contributed by atoms with van der Waals surface area (Å²) in [6, 6.07) is 6.43. The largest absolute Gasteiger partial charge is 0.452 e. The molecule has 2 aromatic heterocycles. The Hall–Kier alpha value is -0.316. The molecule has 0 aliphatic rings. The molecule has 2 heterocycles. The second kappa shape index (κ2) is 8.29. The summed E-state index contributed by atoms with van der Waals surface area (Å²) in [4.78, 5) is 7.39. The van der Waals surface area contributed by atoms with Crippen LogP contribution in [0, 0.1) is 11.4 Å². The van der Waals surface area contributed by atoms with Gasteiger partial charge in [-0.2, -0.15) is 11.4 Å². The predicted octanol–water partition coefficient (Wildman–Crippen LogP) is 1.40. The second-order valence-electron chi connectivity index (χ2n) is 1.77. The fourth-order valence-corrected chi connectivity index (χ4v) is 0.812. The molecular weight excluding hydrogens is 259 g/mol. The molecule has 1 radical (unpaired) electrons. The van der Waals surface area contributed by atoms with Crippen LogP contribution in [0.15, 0.2) is 30.7 Å². The number of hydrogen-bond donors (Lipinski definition) is 1. The molecule has 0 bridgehead atoms. The van der Waals surface area contributed by atoms with E-state index < -0.39 is 0 Å². The van der Waals surface area contributed by atoms with Gasteiger partial charge in [0.05, 0.1) is 0 Å². The fourth-order valence-electron chi connectivity index (χ4n) is 0.480. The van der Waals surface area contributed by atoms with Crippen LogP contribution in [0.4, 0.5) is 5.13 Å². The summed E-state index contributed by atoms with van der Waals surface area (Å²) < 4.78 is 0. The second-order valence-corrected chi connectivity index (χ2v) is 2.63. The van der Waals surface area contributed by atoms with Gasteiger partial charge in [-0.1, -0.05) is 18.6 Å². The minimum Gasteiger partial charge on any atom is -0.452 e. The van der Waals surface area contributed by atoms with Crippen LogP contribution in [0.1, 0.15) is 0 Å². The first-order valence-electron chi connectivity index (χ1n) is 3.23. The molecule has 0 spiro atoms. The molecule has 2 aromatic rings. The van der Waals surface area contributed by atoms with E-state index >= 15 is 0 Å². The number of nitrogens with zero attached hydrogens (tertiary/aromatic N) is 2. The molecule has 0 saturated heterocycles. The van der Waals surface area contributed by atoms with Gasteiger partial charge in [0.2, 0.25) is 0 Å². The maximum Gasteiger partial charge on any atom is 0.0216 e. The number of pyridine rings is 1. The van der Waals surface area contributed by atoms with Crippen molar-refractivity contribution in [3.63, 3.8) is 0 Å². The van der Waals surface area contributed by atoms with Gasteiger partial charge >= 0.3 is 0 Å². The molecule has 0 fully saturated rings. The fraction of sp³-hybridized carbons (Fsp3) is 0. The molecule has 13 heavy (non-hydrogen) atoms. The van der Waals surface area contributed by atoms with Gasteiger partial charge in [-0.3, -0.25) is 0 Å². The predicted molar refractivity (Wildman–Crippen MR) is 48.4 cm³/mol. The van der Waals surface area contributed by atoms with E-state index in [-0.39, 0.29) is 32.7 Å². The first kappa shape index (κ1) is 12.7. The molecule has 0 atom stereocenters. The Morgan fingerprint density at radius 2 is 2.23 bits per heavy atom. The van der Waals surface area contributed by atoms with Crippen molar-refractivity contribution in [3.05, 3.63) is 42.2 Å². The minimum atomic E-state index is 0. The molecule has 2 N–H and O–H groups in total. The maximum atomic E-state index is 5.15. The van der Waals surface area contributed by atoms with Gasteiger partial charge in [0.1, 0.15) is 0 Å². The van der Waals surface area contributed by atoms with Gasteiger partial charge in [0.15, 0.2) is 0 Å². The summed E-state index contributed by atoms with van der Waals surface area (Å²) in [6.07, 6.45) is 4.90. The van der Waals surface area contributed by atoms with Gasteiger partial charge < -0.3 is 27.0 Å². The molecule has 0 unspecified atom stereocenters. The summed E-state index contributed by atoms with van der Waals surface area (Å²) in [7, 11) is 0. The van der Waals surface area contributed by atoms with Crippen LogP contribution in [-0.4, -0.2) is 9.97 Å². The number of nitrogen functional groups attached to an aromatic ring is 1. The van der Waals surface area contributed by atoms with Crippen LogP contribution in [0.5, 0.6) is 0 Å². The Morgan fingerprint density at radius 1 is 1.38 bits per heavy atom. The summed E-state index contributed by atoms with van der Waals surface area (Å²) in [5.41, 5.74) is 5.15. The summed E-state index contributed by atoms with van der Waals surface area (Å²) in [6.45, 7) is 0. The third-order valence-electron chi connectivity index (χ3n) is 0.922. The van der Waals surface area contributed by atoms with Crippen molar-refractivity contribution in [2.75, 3.05) is 5.73 Å². The van der Waals surface area contributed by atoms with Gasteiger partial charge in [0.25, 0.3) is 0 Å².